The van der Waals surface area contributed by atoms with Crippen molar-refractivity contribution in [1.29, 1.82) is 0 Å². The van der Waals surface area contributed by atoms with E-state index in [1.165, 1.54) is 11.1 Å². The van der Waals surface area contributed by atoms with Gasteiger partial charge in [-0.1, -0.05) is 51.1 Å². The SMILES string of the molecule is CC(C)(C)c1cc2ccccc2[n-]1.[Rb+]. The Morgan fingerprint density at radius 2 is 1.71 bits per heavy atom. The molecule has 0 N–H and O–H groups in total. The number of nitrogens with zero attached hydrogens (tertiary/aromatic N) is 1. The molecule has 68 valence electrons. The smallest absolute Gasteiger partial charge is 0.660 e. The number of benzene rings is 1. The zero-order valence-electron chi connectivity index (χ0n) is 9.33. The van der Waals surface area contributed by atoms with Gasteiger partial charge < -0.3 is 4.98 Å². The second kappa shape index (κ2) is 4.61. The zero-order valence-corrected chi connectivity index (χ0v) is 14.3. The Morgan fingerprint density at radius 1 is 1.07 bits per heavy atom. The third-order valence-corrected chi connectivity index (χ3v) is 2.24. The molecule has 0 bridgehead atoms. The maximum Gasteiger partial charge on any atom is 1.00 e. The van der Waals surface area contributed by atoms with Gasteiger partial charge >= 0.3 is 58.2 Å². The average Bonchev–Trinajstić information content (AvgIpc) is 2.45. The average molecular weight is 258 g/mol. The molecule has 0 atom stereocenters. The molecule has 1 aromatic carbocycles. The van der Waals surface area contributed by atoms with E-state index >= 15 is 0 Å². The van der Waals surface area contributed by atoms with E-state index in [2.05, 4.69) is 50.0 Å². The Hall–Kier alpha value is 0.565. The number of fused-ring (bicyclic) bond motifs is 1. The van der Waals surface area contributed by atoms with E-state index < -0.39 is 0 Å². The first-order chi connectivity index (χ1) is 6.07. The Kier molecular flexibility index (Phi) is 4.16. The van der Waals surface area contributed by atoms with Crippen LogP contribution in [-0.2, 0) is 5.41 Å². The van der Waals surface area contributed by atoms with Crippen LogP contribution in [0.2, 0.25) is 0 Å². The Morgan fingerprint density at radius 3 is 2.29 bits per heavy atom. The summed E-state index contributed by atoms with van der Waals surface area (Å²) >= 11 is 0. The van der Waals surface area contributed by atoms with Crippen LogP contribution in [-0.4, -0.2) is 0 Å². The normalized spacial score (nSPS) is 11.4. The summed E-state index contributed by atoms with van der Waals surface area (Å²) in [6.07, 6.45) is 0. The Balaban J connectivity index is 0.000000980. The quantitative estimate of drug-likeness (QED) is 0.653. The van der Waals surface area contributed by atoms with Crippen LogP contribution in [0.15, 0.2) is 30.3 Å². The van der Waals surface area contributed by atoms with E-state index in [0.717, 1.165) is 5.52 Å². The number of hydrogen-bond acceptors (Lipinski definition) is 0. The van der Waals surface area contributed by atoms with Crippen molar-refractivity contribution in [3.8, 4) is 0 Å². The topological polar surface area (TPSA) is 14.1 Å². The molecular weight excluding hydrogens is 244 g/mol. The minimum Gasteiger partial charge on any atom is -0.660 e. The van der Waals surface area contributed by atoms with Crippen molar-refractivity contribution in [2.75, 3.05) is 0 Å². The molecule has 1 nitrogen and oxygen atoms in total. The summed E-state index contributed by atoms with van der Waals surface area (Å²) in [5.41, 5.74) is 2.43. The molecule has 0 saturated heterocycles. The molecule has 0 aliphatic heterocycles. The van der Waals surface area contributed by atoms with E-state index in [9.17, 15) is 0 Å². The van der Waals surface area contributed by atoms with Gasteiger partial charge in [0.25, 0.3) is 0 Å². The van der Waals surface area contributed by atoms with Gasteiger partial charge in [0.1, 0.15) is 0 Å². The second-order valence-electron chi connectivity index (χ2n) is 4.45. The predicted molar refractivity (Wildman–Crippen MR) is 56.0 cm³/mol. The van der Waals surface area contributed by atoms with Crippen molar-refractivity contribution >= 4 is 10.9 Å². The van der Waals surface area contributed by atoms with Crippen LogP contribution < -0.4 is 63.2 Å². The van der Waals surface area contributed by atoms with E-state index in [0.29, 0.717) is 0 Å². The minimum absolute atomic E-state index is 0. The van der Waals surface area contributed by atoms with Gasteiger partial charge in [0.15, 0.2) is 0 Å². The monoisotopic (exact) mass is 257 g/mol. The van der Waals surface area contributed by atoms with E-state index in [1.54, 1.807) is 0 Å². The van der Waals surface area contributed by atoms with Crippen molar-refractivity contribution in [3.05, 3.63) is 36.0 Å². The Labute approximate surface area is 134 Å². The second-order valence-corrected chi connectivity index (χ2v) is 4.45. The molecule has 0 spiro atoms. The van der Waals surface area contributed by atoms with Crippen molar-refractivity contribution in [1.82, 2.24) is 4.98 Å². The van der Waals surface area contributed by atoms with E-state index in [4.69, 9.17) is 0 Å². The molecule has 0 aliphatic rings. The molecule has 0 fully saturated rings. The molecule has 14 heavy (non-hydrogen) atoms. The molecule has 0 unspecified atom stereocenters. The molecule has 2 heteroatoms. The van der Waals surface area contributed by atoms with Gasteiger partial charge in [0.2, 0.25) is 0 Å². The number of aromatic nitrogens is 1. The molecule has 1 aromatic heterocycles. The maximum atomic E-state index is 4.58. The molecule has 0 radical (unpaired) electrons. The van der Waals surface area contributed by atoms with Crippen LogP contribution in [0.5, 0.6) is 0 Å². The van der Waals surface area contributed by atoms with Crippen molar-refractivity contribution in [2.45, 2.75) is 26.2 Å². The summed E-state index contributed by atoms with van der Waals surface area (Å²) in [6.45, 7) is 6.57. The van der Waals surface area contributed by atoms with Crippen LogP contribution >= 0.6 is 0 Å². The number of rotatable bonds is 0. The molecule has 0 aliphatic carbocycles. The van der Waals surface area contributed by atoms with Crippen LogP contribution in [0.4, 0.5) is 0 Å². The summed E-state index contributed by atoms with van der Waals surface area (Å²) in [5.74, 6) is 0. The van der Waals surface area contributed by atoms with Crippen LogP contribution in [0, 0.1) is 0 Å². The van der Waals surface area contributed by atoms with Gasteiger partial charge in [-0.25, -0.2) is 0 Å². The predicted octanol–water partition coefficient (Wildman–Crippen LogP) is 0.0985. The largest absolute Gasteiger partial charge is 1.00 e. The third kappa shape index (κ3) is 2.57. The number of hydrogen-bond donors (Lipinski definition) is 0. The summed E-state index contributed by atoms with van der Waals surface area (Å²) in [7, 11) is 0. The van der Waals surface area contributed by atoms with Gasteiger partial charge in [-0.2, -0.15) is 5.69 Å². The molecule has 0 amide bonds. The molecule has 1 heterocycles. The van der Waals surface area contributed by atoms with Crippen molar-refractivity contribution in [2.24, 2.45) is 0 Å². The molecule has 2 aromatic rings. The van der Waals surface area contributed by atoms with Crippen LogP contribution in [0.25, 0.3) is 10.9 Å². The first-order valence-electron chi connectivity index (χ1n) is 4.60. The van der Waals surface area contributed by atoms with Crippen molar-refractivity contribution < 1.29 is 58.2 Å². The molecule has 0 saturated carbocycles. The first-order valence-corrected chi connectivity index (χ1v) is 4.60. The fraction of sp³-hybridized carbons (Fsp3) is 0.333. The van der Waals surface area contributed by atoms with Crippen molar-refractivity contribution in [3.63, 3.8) is 0 Å². The van der Waals surface area contributed by atoms with Gasteiger partial charge in [-0.15, -0.1) is 5.52 Å². The van der Waals surface area contributed by atoms with Crippen LogP contribution in [0.3, 0.4) is 0 Å². The molecular formula is C12H14NRb. The van der Waals surface area contributed by atoms with Crippen LogP contribution in [0.1, 0.15) is 26.5 Å². The number of para-hydroxylation sites is 1. The van der Waals surface area contributed by atoms with Gasteiger partial charge in [0, 0.05) is 0 Å². The van der Waals surface area contributed by atoms with Gasteiger partial charge in [0.05, 0.1) is 0 Å². The minimum atomic E-state index is 0. The fourth-order valence-electron chi connectivity index (χ4n) is 1.40. The summed E-state index contributed by atoms with van der Waals surface area (Å²) in [6, 6.07) is 10.4. The maximum absolute atomic E-state index is 4.58. The standard InChI is InChI=1S/C12H14N.Rb/c1-12(2,3)11-8-9-6-4-5-7-10(9)13-11;/h4-8H,1-3H3;/q-1;+1. The van der Waals surface area contributed by atoms with Gasteiger partial charge in [-0.05, 0) is 10.8 Å². The summed E-state index contributed by atoms with van der Waals surface area (Å²) < 4.78 is 0. The van der Waals surface area contributed by atoms with E-state index in [-0.39, 0.29) is 63.6 Å². The molecule has 2 rings (SSSR count). The summed E-state index contributed by atoms with van der Waals surface area (Å²) in [4.78, 5) is 4.58. The summed E-state index contributed by atoms with van der Waals surface area (Å²) in [5, 5.41) is 1.24. The van der Waals surface area contributed by atoms with E-state index in [1.807, 2.05) is 6.07 Å². The van der Waals surface area contributed by atoms with Gasteiger partial charge in [-0.3, -0.25) is 0 Å². The fourth-order valence-corrected chi connectivity index (χ4v) is 1.40. The third-order valence-electron chi connectivity index (χ3n) is 2.24. The first kappa shape index (κ1) is 12.6. The zero-order chi connectivity index (χ0) is 9.47. The Bertz CT molecular complexity index is 390.